The molecule has 4 heteroatoms. The van der Waals surface area contributed by atoms with Crippen LogP contribution in [0, 0.1) is 6.92 Å². The van der Waals surface area contributed by atoms with E-state index in [-0.39, 0.29) is 0 Å². The molecule has 0 aliphatic heterocycles. The van der Waals surface area contributed by atoms with Crippen LogP contribution in [0.5, 0.6) is 0 Å². The standard InChI is InChI=1S/C3H9S4/c1-2-3-7(4,5)6/h7H,1-3H2,(H2,4,5,6). The Bertz CT molecular complexity index is 80.9. The molecule has 0 fully saturated rings. The minimum absolute atomic E-state index is 0.851. The molecule has 0 aromatic heterocycles. The summed E-state index contributed by atoms with van der Waals surface area (Å²) >= 11 is 13.1. The molecule has 0 spiro atoms. The highest BCUT2D eigenvalue weighted by Crippen LogP contribution is 2.15. The van der Waals surface area contributed by atoms with Crippen LogP contribution >= 0.6 is 23.3 Å². The van der Waals surface area contributed by atoms with E-state index in [1.165, 1.54) is 0 Å². The van der Waals surface area contributed by atoms with E-state index in [4.69, 9.17) is 11.2 Å². The molecule has 0 N–H and O–H groups in total. The smallest absolute Gasteiger partial charge is 0.00408 e. The maximum atomic E-state index is 4.88. The van der Waals surface area contributed by atoms with Crippen LogP contribution in [-0.4, -0.2) is 5.75 Å². The molecule has 0 bridgehead atoms. The monoisotopic (exact) mass is 173 g/mol. The topological polar surface area (TPSA) is 0 Å². The van der Waals surface area contributed by atoms with Gasteiger partial charge in [-0.1, -0.05) is 18.1 Å². The van der Waals surface area contributed by atoms with Crippen LogP contribution in [-0.2, 0) is 17.8 Å². The van der Waals surface area contributed by atoms with Crippen LogP contribution in [0.4, 0.5) is 0 Å². The van der Waals surface area contributed by atoms with Gasteiger partial charge >= 0.3 is 0 Å². The van der Waals surface area contributed by atoms with Gasteiger partial charge in [-0.05, 0) is 12.2 Å². The lowest BCUT2D eigenvalue weighted by Gasteiger charge is -2.08. The summed E-state index contributed by atoms with van der Waals surface area (Å²) in [5, 5.41) is 0. The molecule has 0 saturated heterocycles. The third kappa shape index (κ3) is 7.27. The Morgan fingerprint density at radius 1 is 1.57 bits per heavy atom. The molecule has 0 unspecified atom stereocenters. The van der Waals surface area contributed by atoms with Crippen molar-refractivity contribution in [2.45, 2.75) is 6.42 Å². The molecule has 0 nitrogen and oxygen atoms in total. The predicted molar refractivity (Wildman–Crippen MR) is 48.9 cm³/mol. The fourth-order valence-electron chi connectivity index (χ4n) is 0.206. The normalized spacial score (nSPS) is 14.1. The Labute approximate surface area is 60.2 Å². The lowest BCUT2D eigenvalue weighted by Crippen LogP contribution is -1.94. The number of thiol groups is 3. The fraction of sp³-hybridized carbons (Fsp3) is 0.667. The summed E-state index contributed by atoms with van der Waals surface area (Å²) in [6.45, 7) is 2.13. The van der Waals surface area contributed by atoms with Crippen molar-refractivity contribution in [2.24, 2.45) is 0 Å². The highest BCUT2D eigenvalue weighted by atomic mass is 33.7. The quantitative estimate of drug-likeness (QED) is 0.417. The van der Waals surface area contributed by atoms with Gasteiger partial charge in [-0.2, -0.15) is 0 Å². The van der Waals surface area contributed by atoms with Crippen LogP contribution in [0.25, 0.3) is 0 Å². The van der Waals surface area contributed by atoms with E-state index in [1.807, 2.05) is 0 Å². The zero-order valence-corrected chi connectivity index (χ0v) is 7.37. The lowest BCUT2D eigenvalue weighted by molar-refractivity contribution is 1.25. The van der Waals surface area contributed by atoms with Gasteiger partial charge in [0.25, 0.3) is 0 Å². The van der Waals surface area contributed by atoms with Crippen molar-refractivity contribution in [1.29, 1.82) is 0 Å². The minimum atomic E-state index is -1.51. The number of rotatable bonds is 2. The molecule has 0 rings (SSSR count). The Morgan fingerprint density at radius 2 is 2.00 bits per heavy atom. The minimum Gasteiger partial charge on any atom is -0.127 e. The largest absolute Gasteiger partial charge is 0.127 e. The Balaban J connectivity index is 3.36. The molecule has 7 heavy (non-hydrogen) atoms. The molecule has 0 heterocycles. The van der Waals surface area contributed by atoms with Crippen molar-refractivity contribution < 1.29 is 0 Å². The molecule has 0 amide bonds. The zero-order chi connectivity index (χ0) is 5.91. The van der Waals surface area contributed by atoms with E-state index in [0.29, 0.717) is 0 Å². The van der Waals surface area contributed by atoms with Crippen molar-refractivity contribution in [3.05, 3.63) is 6.92 Å². The molecule has 0 aromatic rings. The van der Waals surface area contributed by atoms with Crippen molar-refractivity contribution in [3.8, 4) is 0 Å². The van der Waals surface area contributed by atoms with Crippen LogP contribution in [0.3, 0.4) is 0 Å². The summed E-state index contributed by atoms with van der Waals surface area (Å²) in [5.74, 6) is 0.883. The Morgan fingerprint density at radius 3 is 2.00 bits per heavy atom. The summed E-state index contributed by atoms with van der Waals surface area (Å²) in [4.78, 5) is 0. The first-order chi connectivity index (χ1) is 3.06. The predicted octanol–water partition coefficient (Wildman–Crippen LogP) is 1.25. The van der Waals surface area contributed by atoms with Crippen LogP contribution < -0.4 is 0 Å². The third-order valence-electron chi connectivity index (χ3n) is 0.449. The Hall–Kier alpha value is 1.27. The van der Waals surface area contributed by atoms with Crippen molar-refractivity contribution in [2.75, 3.05) is 5.75 Å². The summed E-state index contributed by atoms with van der Waals surface area (Å²) in [5.41, 5.74) is 0. The van der Waals surface area contributed by atoms with Gasteiger partial charge in [0.2, 0.25) is 0 Å². The Kier molecular flexibility index (Phi) is 3.93. The van der Waals surface area contributed by atoms with Gasteiger partial charge in [0.15, 0.2) is 0 Å². The van der Waals surface area contributed by atoms with Crippen molar-refractivity contribution >= 4 is 41.2 Å². The van der Waals surface area contributed by atoms with E-state index >= 15 is 0 Å². The number of hydrogen-bond donors (Lipinski definition) is 3. The summed E-state index contributed by atoms with van der Waals surface area (Å²) in [6, 6.07) is 0. The highest BCUT2D eigenvalue weighted by Gasteiger charge is 1.92. The van der Waals surface area contributed by atoms with Gasteiger partial charge in [-0.3, -0.25) is 0 Å². The molecule has 0 atom stereocenters. The van der Waals surface area contributed by atoms with Crippen molar-refractivity contribution in [1.82, 2.24) is 0 Å². The van der Waals surface area contributed by atoms with Gasteiger partial charge < -0.3 is 0 Å². The van der Waals surface area contributed by atoms with Gasteiger partial charge in [-0.15, -0.1) is 30.0 Å². The average molecular weight is 173 g/mol. The molecule has 0 aliphatic rings. The second-order valence-electron chi connectivity index (χ2n) is 1.24. The molecule has 0 aromatic carbocycles. The second-order valence-corrected chi connectivity index (χ2v) is 11.6. The van der Waals surface area contributed by atoms with Gasteiger partial charge in [0.1, 0.15) is 0 Å². The second kappa shape index (κ2) is 3.33. The molecule has 45 valence electrons. The molecular weight excluding hydrogens is 164 g/mol. The van der Waals surface area contributed by atoms with Gasteiger partial charge in [0.05, 0.1) is 0 Å². The van der Waals surface area contributed by atoms with Gasteiger partial charge in [0, 0.05) is 0 Å². The van der Waals surface area contributed by atoms with E-state index < -0.39 is 6.65 Å². The fourth-order valence-corrected chi connectivity index (χ4v) is 1.85. The lowest BCUT2D eigenvalue weighted by atomic mass is 10.6. The number of hydrogen-bond acceptors (Lipinski definition) is 1. The van der Waals surface area contributed by atoms with Crippen LogP contribution in [0.15, 0.2) is 0 Å². The third-order valence-corrected chi connectivity index (χ3v) is 3.10. The average Bonchev–Trinajstić information content (AvgIpc) is 1.30. The summed E-state index contributed by atoms with van der Waals surface area (Å²) < 4.78 is 0. The first-order valence-electron chi connectivity index (χ1n) is 1.90. The maximum absolute atomic E-state index is 4.88. The first-order valence-corrected chi connectivity index (χ1v) is 7.19. The van der Waals surface area contributed by atoms with Gasteiger partial charge in [-0.25, -0.2) is 0 Å². The summed E-state index contributed by atoms with van der Waals surface area (Å²) in [7, 11) is 0. The molecule has 0 saturated carbocycles. The van der Waals surface area contributed by atoms with Crippen molar-refractivity contribution in [3.63, 3.8) is 0 Å². The van der Waals surface area contributed by atoms with E-state index in [2.05, 4.69) is 30.2 Å². The maximum Gasteiger partial charge on any atom is -0.00408 e. The van der Waals surface area contributed by atoms with Crippen LogP contribution in [0.1, 0.15) is 6.42 Å². The molecule has 0 aliphatic carbocycles. The SMILES string of the molecule is [CH2]CC[SH](=S)(S)S. The highest BCUT2D eigenvalue weighted by molar-refractivity contribution is 9.12. The molecule has 1 radical (unpaired) electrons. The van der Waals surface area contributed by atoms with E-state index in [9.17, 15) is 0 Å². The van der Waals surface area contributed by atoms with Crippen LogP contribution in [0.2, 0.25) is 0 Å². The van der Waals surface area contributed by atoms with E-state index in [0.717, 1.165) is 12.2 Å². The molecular formula is C3H9S4. The zero-order valence-electron chi connectivity index (χ0n) is 3.87. The van der Waals surface area contributed by atoms with E-state index in [1.54, 1.807) is 0 Å². The summed E-state index contributed by atoms with van der Waals surface area (Å²) in [6.07, 6.45) is 0.851. The first kappa shape index (κ1) is 8.27.